The van der Waals surface area contributed by atoms with Crippen LogP contribution in [0.15, 0.2) is 36.4 Å². The summed E-state index contributed by atoms with van der Waals surface area (Å²) >= 11 is 0. The number of rotatable bonds is 3. The van der Waals surface area contributed by atoms with Gasteiger partial charge in [0.1, 0.15) is 0 Å². The van der Waals surface area contributed by atoms with E-state index in [4.69, 9.17) is 9.84 Å². The fourth-order valence-electron chi connectivity index (χ4n) is 2.70. The van der Waals surface area contributed by atoms with Gasteiger partial charge in [0.2, 0.25) is 0 Å². The molecule has 0 saturated carbocycles. The fourth-order valence-corrected chi connectivity index (χ4v) is 2.70. The van der Waals surface area contributed by atoms with E-state index in [9.17, 15) is 4.79 Å². The molecule has 3 rings (SSSR count). The SMILES string of the molecule is Cc1ccc2cc(C3(CC(=O)O)COC3)ccc2c1. The molecule has 1 aliphatic rings. The van der Waals surface area contributed by atoms with Gasteiger partial charge in [-0.3, -0.25) is 4.79 Å². The minimum Gasteiger partial charge on any atom is -0.481 e. The fraction of sp³-hybridized carbons (Fsp3) is 0.312. The van der Waals surface area contributed by atoms with Crippen LogP contribution in [-0.4, -0.2) is 24.3 Å². The van der Waals surface area contributed by atoms with Crippen molar-refractivity contribution in [2.75, 3.05) is 13.2 Å². The van der Waals surface area contributed by atoms with Crippen molar-refractivity contribution in [3.63, 3.8) is 0 Å². The van der Waals surface area contributed by atoms with E-state index in [1.54, 1.807) is 0 Å². The molecule has 2 aromatic rings. The maximum atomic E-state index is 11.0. The molecule has 0 aliphatic carbocycles. The van der Waals surface area contributed by atoms with Gasteiger partial charge in [0, 0.05) is 0 Å². The second-order valence-corrected chi connectivity index (χ2v) is 5.41. The summed E-state index contributed by atoms with van der Waals surface area (Å²) in [6, 6.07) is 12.5. The molecule has 3 nitrogen and oxygen atoms in total. The minimum absolute atomic E-state index is 0.129. The highest BCUT2D eigenvalue weighted by Crippen LogP contribution is 2.37. The van der Waals surface area contributed by atoms with Gasteiger partial charge in [-0.2, -0.15) is 0 Å². The number of ether oxygens (including phenoxy) is 1. The second kappa shape index (κ2) is 4.35. The molecule has 0 radical (unpaired) electrons. The summed E-state index contributed by atoms with van der Waals surface area (Å²) in [7, 11) is 0. The van der Waals surface area contributed by atoms with Gasteiger partial charge in [-0.05, 0) is 23.3 Å². The number of benzene rings is 2. The molecule has 0 amide bonds. The molecule has 2 aromatic carbocycles. The van der Waals surface area contributed by atoms with E-state index in [0.717, 1.165) is 10.9 Å². The van der Waals surface area contributed by atoms with Crippen LogP contribution in [0, 0.1) is 6.92 Å². The van der Waals surface area contributed by atoms with E-state index in [2.05, 4.69) is 37.3 Å². The van der Waals surface area contributed by atoms with Crippen LogP contribution in [0.3, 0.4) is 0 Å². The highest BCUT2D eigenvalue weighted by molar-refractivity contribution is 5.84. The van der Waals surface area contributed by atoms with E-state index in [1.165, 1.54) is 10.9 Å². The number of hydrogen-bond donors (Lipinski definition) is 1. The van der Waals surface area contributed by atoms with Crippen molar-refractivity contribution in [1.29, 1.82) is 0 Å². The molecule has 98 valence electrons. The van der Waals surface area contributed by atoms with Gasteiger partial charge < -0.3 is 9.84 Å². The van der Waals surface area contributed by atoms with Crippen molar-refractivity contribution in [2.45, 2.75) is 18.8 Å². The Bertz CT molecular complexity index is 641. The summed E-state index contributed by atoms with van der Waals surface area (Å²) in [5.41, 5.74) is 1.95. The van der Waals surface area contributed by atoms with Crippen LogP contribution in [0.1, 0.15) is 17.5 Å². The Labute approximate surface area is 111 Å². The molecule has 1 aliphatic heterocycles. The zero-order valence-corrected chi connectivity index (χ0v) is 10.8. The number of aryl methyl sites for hydroxylation is 1. The van der Waals surface area contributed by atoms with E-state index in [1.807, 2.05) is 6.07 Å². The number of fused-ring (bicyclic) bond motifs is 1. The lowest BCUT2D eigenvalue weighted by atomic mass is 9.75. The van der Waals surface area contributed by atoms with Crippen LogP contribution in [-0.2, 0) is 14.9 Å². The first-order chi connectivity index (χ1) is 9.09. The van der Waals surface area contributed by atoms with E-state index in [-0.39, 0.29) is 11.8 Å². The first-order valence-electron chi connectivity index (χ1n) is 6.40. The topological polar surface area (TPSA) is 46.5 Å². The van der Waals surface area contributed by atoms with Gasteiger partial charge in [-0.15, -0.1) is 0 Å². The van der Waals surface area contributed by atoms with Crippen molar-refractivity contribution in [3.05, 3.63) is 47.5 Å². The second-order valence-electron chi connectivity index (χ2n) is 5.41. The molecule has 1 N–H and O–H groups in total. The highest BCUT2D eigenvalue weighted by atomic mass is 16.5. The molecule has 1 saturated heterocycles. The molecule has 3 heteroatoms. The number of hydrogen-bond acceptors (Lipinski definition) is 2. The van der Waals surface area contributed by atoms with Crippen LogP contribution in [0.5, 0.6) is 0 Å². The van der Waals surface area contributed by atoms with E-state index >= 15 is 0 Å². The Morgan fingerprint density at radius 3 is 2.53 bits per heavy atom. The van der Waals surface area contributed by atoms with Crippen LogP contribution < -0.4 is 0 Å². The smallest absolute Gasteiger partial charge is 0.304 e. The maximum absolute atomic E-state index is 11.0. The van der Waals surface area contributed by atoms with Gasteiger partial charge in [-0.25, -0.2) is 0 Å². The van der Waals surface area contributed by atoms with Crippen LogP contribution in [0.25, 0.3) is 10.8 Å². The van der Waals surface area contributed by atoms with Crippen LogP contribution in [0.2, 0.25) is 0 Å². The number of aliphatic carboxylic acids is 1. The quantitative estimate of drug-likeness (QED) is 0.918. The van der Waals surface area contributed by atoms with Gasteiger partial charge in [0.05, 0.1) is 25.0 Å². The minimum atomic E-state index is -0.771. The van der Waals surface area contributed by atoms with Crippen LogP contribution in [0.4, 0.5) is 0 Å². The predicted molar refractivity (Wildman–Crippen MR) is 73.4 cm³/mol. The first-order valence-corrected chi connectivity index (χ1v) is 6.40. The van der Waals surface area contributed by atoms with Crippen molar-refractivity contribution in [3.8, 4) is 0 Å². The molecule has 0 bridgehead atoms. The van der Waals surface area contributed by atoms with Gasteiger partial charge in [-0.1, -0.05) is 42.0 Å². The Hall–Kier alpha value is -1.87. The average Bonchev–Trinajstić information content (AvgIpc) is 2.33. The third-order valence-corrected chi connectivity index (χ3v) is 3.85. The third kappa shape index (κ3) is 2.10. The monoisotopic (exact) mass is 256 g/mol. The van der Waals surface area contributed by atoms with Crippen LogP contribution >= 0.6 is 0 Å². The molecule has 0 unspecified atom stereocenters. The molecule has 0 spiro atoms. The Balaban J connectivity index is 2.05. The number of carbonyl (C=O) groups is 1. The lowest BCUT2D eigenvalue weighted by Crippen LogP contribution is -2.48. The lowest BCUT2D eigenvalue weighted by Gasteiger charge is -2.41. The predicted octanol–water partition coefficient (Wildman–Crippen LogP) is 2.89. The van der Waals surface area contributed by atoms with Gasteiger partial charge in [0.25, 0.3) is 0 Å². The largest absolute Gasteiger partial charge is 0.481 e. The molecule has 19 heavy (non-hydrogen) atoms. The molecular formula is C16H16O3. The summed E-state index contributed by atoms with van der Waals surface area (Å²) in [5.74, 6) is -0.771. The maximum Gasteiger partial charge on any atom is 0.304 e. The summed E-state index contributed by atoms with van der Waals surface area (Å²) in [6.07, 6.45) is 0.129. The summed E-state index contributed by atoms with van der Waals surface area (Å²) in [6.45, 7) is 3.06. The standard InChI is InChI=1S/C16H16O3/c1-11-2-3-13-7-14(5-4-12(13)6-11)16(8-15(17)18)9-19-10-16/h2-7H,8-10H2,1H3,(H,17,18). The zero-order valence-electron chi connectivity index (χ0n) is 10.8. The molecular weight excluding hydrogens is 240 g/mol. The normalized spacial score (nSPS) is 17.1. The molecule has 1 heterocycles. The summed E-state index contributed by atoms with van der Waals surface area (Å²) in [5, 5.41) is 11.4. The summed E-state index contributed by atoms with van der Waals surface area (Å²) < 4.78 is 5.26. The number of carboxylic acid groups (broad SMARTS) is 1. The van der Waals surface area contributed by atoms with Crippen molar-refractivity contribution in [2.24, 2.45) is 0 Å². The lowest BCUT2D eigenvalue weighted by molar-refractivity contribution is -0.145. The van der Waals surface area contributed by atoms with E-state index in [0.29, 0.717) is 13.2 Å². The Kier molecular flexibility index (Phi) is 2.79. The average molecular weight is 256 g/mol. The molecule has 0 atom stereocenters. The Morgan fingerprint density at radius 2 is 1.89 bits per heavy atom. The first kappa shape index (κ1) is 12.2. The zero-order chi connectivity index (χ0) is 13.5. The van der Waals surface area contributed by atoms with Gasteiger partial charge >= 0.3 is 5.97 Å². The molecule has 0 aromatic heterocycles. The highest BCUT2D eigenvalue weighted by Gasteiger charge is 2.42. The van der Waals surface area contributed by atoms with Crippen molar-refractivity contribution >= 4 is 16.7 Å². The van der Waals surface area contributed by atoms with Crippen molar-refractivity contribution in [1.82, 2.24) is 0 Å². The third-order valence-electron chi connectivity index (χ3n) is 3.85. The Morgan fingerprint density at radius 1 is 1.21 bits per heavy atom. The number of carboxylic acids is 1. The molecule has 1 fully saturated rings. The van der Waals surface area contributed by atoms with E-state index < -0.39 is 5.97 Å². The summed E-state index contributed by atoms with van der Waals surface area (Å²) in [4.78, 5) is 11.0. The van der Waals surface area contributed by atoms with Crippen molar-refractivity contribution < 1.29 is 14.6 Å². The van der Waals surface area contributed by atoms with Gasteiger partial charge in [0.15, 0.2) is 0 Å².